The number of hydroxylamine groups is 1. The zero-order chi connectivity index (χ0) is 24.8. The highest BCUT2D eigenvalue weighted by Crippen LogP contribution is 2.32. The number of thiophene rings is 1. The number of carbonyl (C=O) groups excluding carboxylic acids is 1. The first-order valence-electron chi connectivity index (χ1n) is 11.3. The lowest BCUT2D eigenvalue weighted by atomic mass is 10.1. The zero-order valence-corrected chi connectivity index (χ0v) is 21.3. The molecule has 4 rings (SSSR count). The number of hydrogen-bond donors (Lipinski definition) is 1. The van der Waals surface area contributed by atoms with Crippen molar-refractivity contribution in [2.24, 2.45) is 0 Å². The molecule has 1 aromatic carbocycles. The number of nitrogens with zero attached hydrogens (tertiary/aromatic N) is 2. The van der Waals surface area contributed by atoms with Crippen LogP contribution in [0.15, 0.2) is 65.1 Å². The summed E-state index contributed by atoms with van der Waals surface area (Å²) in [4.78, 5) is 20.2. The van der Waals surface area contributed by atoms with Crippen LogP contribution in [0.4, 0.5) is 0 Å². The van der Waals surface area contributed by atoms with Gasteiger partial charge in [-0.15, -0.1) is 11.3 Å². The van der Waals surface area contributed by atoms with Crippen molar-refractivity contribution in [3.8, 4) is 10.4 Å². The number of nitrogens with one attached hydrogen (secondary N) is 1. The van der Waals surface area contributed by atoms with E-state index < -0.39 is 22.2 Å². The van der Waals surface area contributed by atoms with Gasteiger partial charge in [0.1, 0.15) is 4.21 Å². The number of hydrogen-bond acceptors (Lipinski definition) is 7. The molecular formula is C25H29N3O5S2. The Labute approximate surface area is 209 Å². The average molecular weight is 516 g/mol. The van der Waals surface area contributed by atoms with Gasteiger partial charge in [0.15, 0.2) is 6.29 Å². The van der Waals surface area contributed by atoms with E-state index in [-0.39, 0.29) is 4.21 Å². The van der Waals surface area contributed by atoms with Crippen molar-refractivity contribution in [3.63, 3.8) is 0 Å². The third kappa shape index (κ3) is 6.68. The predicted molar refractivity (Wildman–Crippen MR) is 136 cm³/mol. The third-order valence-corrected chi connectivity index (χ3v) is 8.63. The fourth-order valence-corrected chi connectivity index (χ4v) is 6.25. The molecule has 1 unspecified atom stereocenters. The van der Waals surface area contributed by atoms with E-state index in [2.05, 4.69) is 22.5 Å². The summed E-state index contributed by atoms with van der Waals surface area (Å²) in [6, 6.07) is 13.2. The van der Waals surface area contributed by atoms with Crippen LogP contribution in [-0.4, -0.2) is 50.2 Å². The highest BCUT2D eigenvalue weighted by molar-refractivity contribution is 7.92. The van der Waals surface area contributed by atoms with Crippen molar-refractivity contribution < 1.29 is 22.8 Å². The zero-order valence-electron chi connectivity index (χ0n) is 19.7. The van der Waals surface area contributed by atoms with Crippen LogP contribution in [-0.2, 0) is 30.9 Å². The Hall–Kier alpha value is -2.76. The first-order chi connectivity index (χ1) is 16.8. The molecule has 8 nitrogen and oxygen atoms in total. The van der Waals surface area contributed by atoms with Crippen LogP contribution in [0.5, 0.6) is 0 Å². The van der Waals surface area contributed by atoms with E-state index in [1.54, 1.807) is 12.1 Å². The SMILES string of the molecule is CN(C)Cc1ccc(-c2ccc(S(=O)(=O)n3ccc(C=CC(=O)NOC4CCCCO4)c3)s2)cc1. The molecule has 1 amide bonds. The summed E-state index contributed by atoms with van der Waals surface area (Å²) < 4.78 is 33.0. The van der Waals surface area contributed by atoms with Crippen molar-refractivity contribution in [2.45, 2.75) is 36.3 Å². The first kappa shape index (κ1) is 25.3. The minimum atomic E-state index is -3.74. The van der Waals surface area contributed by atoms with Crippen LogP contribution in [0.3, 0.4) is 0 Å². The van der Waals surface area contributed by atoms with Gasteiger partial charge in [-0.1, -0.05) is 24.3 Å². The monoisotopic (exact) mass is 515 g/mol. The largest absolute Gasteiger partial charge is 0.350 e. The second-order valence-electron chi connectivity index (χ2n) is 8.55. The Bertz CT molecular complexity index is 1270. The summed E-state index contributed by atoms with van der Waals surface area (Å²) in [5.74, 6) is -0.450. The smallest absolute Gasteiger partial charge is 0.277 e. The van der Waals surface area contributed by atoms with E-state index in [9.17, 15) is 13.2 Å². The summed E-state index contributed by atoms with van der Waals surface area (Å²) in [5.41, 5.74) is 5.08. The van der Waals surface area contributed by atoms with Crippen molar-refractivity contribution in [1.82, 2.24) is 14.4 Å². The van der Waals surface area contributed by atoms with Crippen molar-refractivity contribution >= 4 is 33.3 Å². The summed E-state index contributed by atoms with van der Waals surface area (Å²) in [5, 5.41) is 0. The van der Waals surface area contributed by atoms with E-state index in [1.165, 1.54) is 41.4 Å². The second kappa shape index (κ2) is 11.3. The van der Waals surface area contributed by atoms with Crippen LogP contribution < -0.4 is 5.48 Å². The maximum atomic E-state index is 13.1. The number of carbonyl (C=O) groups is 1. The van der Waals surface area contributed by atoms with Gasteiger partial charge in [0.2, 0.25) is 0 Å². The van der Waals surface area contributed by atoms with E-state index in [0.29, 0.717) is 12.2 Å². The van der Waals surface area contributed by atoms with Crippen LogP contribution in [0.25, 0.3) is 16.5 Å². The average Bonchev–Trinajstić information content (AvgIpc) is 3.53. The first-order valence-corrected chi connectivity index (χ1v) is 13.6. The van der Waals surface area contributed by atoms with Crippen molar-refractivity contribution in [1.29, 1.82) is 0 Å². The van der Waals surface area contributed by atoms with Gasteiger partial charge < -0.3 is 9.64 Å². The molecule has 2 aromatic heterocycles. The molecule has 10 heteroatoms. The molecule has 3 heterocycles. The van der Waals surface area contributed by atoms with Crippen LogP contribution in [0.2, 0.25) is 0 Å². The molecule has 186 valence electrons. The summed E-state index contributed by atoms with van der Waals surface area (Å²) >= 11 is 1.23. The summed E-state index contributed by atoms with van der Waals surface area (Å²) in [6.07, 6.45) is 8.04. The Balaban J connectivity index is 1.39. The maximum Gasteiger partial charge on any atom is 0.277 e. The van der Waals surface area contributed by atoms with Gasteiger partial charge in [-0.25, -0.2) is 14.3 Å². The maximum absolute atomic E-state index is 13.1. The Kier molecular flexibility index (Phi) is 8.19. The van der Waals surface area contributed by atoms with Gasteiger partial charge in [-0.05, 0) is 67.9 Å². The summed E-state index contributed by atoms with van der Waals surface area (Å²) in [6.45, 7) is 1.46. The number of ether oxygens (including phenoxy) is 1. The van der Waals surface area contributed by atoms with Gasteiger partial charge >= 0.3 is 0 Å². The van der Waals surface area contributed by atoms with Crippen molar-refractivity contribution in [3.05, 3.63) is 72.1 Å². The van der Waals surface area contributed by atoms with Gasteiger partial charge in [-0.3, -0.25) is 4.79 Å². The number of benzene rings is 1. The fourth-order valence-electron chi connectivity index (χ4n) is 3.63. The van der Waals surface area contributed by atoms with Crippen LogP contribution in [0.1, 0.15) is 30.4 Å². The fraction of sp³-hybridized carbons (Fsp3) is 0.320. The number of aromatic nitrogens is 1. The van der Waals surface area contributed by atoms with E-state index in [4.69, 9.17) is 9.57 Å². The molecule has 1 aliphatic rings. The number of amides is 1. The van der Waals surface area contributed by atoms with Crippen LogP contribution >= 0.6 is 11.3 Å². The molecule has 1 atom stereocenters. The predicted octanol–water partition coefficient (Wildman–Crippen LogP) is 4.10. The molecule has 0 radical (unpaired) electrons. The van der Waals surface area contributed by atoms with Gasteiger partial charge in [-0.2, -0.15) is 8.42 Å². The molecule has 1 saturated heterocycles. The highest BCUT2D eigenvalue weighted by Gasteiger charge is 2.20. The molecule has 1 fully saturated rings. The standard InChI is InChI=1S/C25H29N3O5S2/c1-27(2)17-19-6-9-21(10-7-19)22-11-13-25(34-22)35(30,31)28-15-14-20(18-28)8-12-23(29)26-33-24-5-3-4-16-32-24/h6-15,18,24H,3-5,16-17H2,1-2H3,(H,26,29). The molecule has 0 aliphatic carbocycles. The Morgan fingerprint density at radius 3 is 2.71 bits per heavy atom. The molecule has 0 saturated carbocycles. The highest BCUT2D eigenvalue weighted by atomic mass is 32.2. The quantitative estimate of drug-likeness (QED) is 0.341. The third-order valence-electron chi connectivity index (χ3n) is 5.40. The molecular weight excluding hydrogens is 486 g/mol. The lowest BCUT2D eigenvalue weighted by molar-refractivity contribution is -0.198. The van der Waals surface area contributed by atoms with Gasteiger partial charge in [0.05, 0.1) is 0 Å². The van der Waals surface area contributed by atoms with Gasteiger partial charge in [0, 0.05) is 42.9 Å². The van der Waals surface area contributed by atoms with Crippen LogP contribution in [0, 0.1) is 0 Å². The number of rotatable bonds is 9. The molecule has 3 aromatic rings. The minimum Gasteiger partial charge on any atom is -0.350 e. The molecule has 1 N–H and O–H groups in total. The Morgan fingerprint density at radius 2 is 2.00 bits per heavy atom. The molecule has 0 spiro atoms. The molecule has 35 heavy (non-hydrogen) atoms. The normalized spacial score (nSPS) is 16.7. The minimum absolute atomic E-state index is 0.245. The van der Waals surface area contributed by atoms with E-state index in [1.807, 2.05) is 32.3 Å². The topological polar surface area (TPSA) is 89.9 Å². The lowest BCUT2D eigenvalue weighted by Crippen LogP contribution is -2.32. The van der Waals surface area contributed by atoms with Crippen molar-refractivity contribution in [2.75, 3.05) is 20.7 Å². The van der Waals surface area contributed by atoms with E-state index >= 15 is 0 Å². The summed E-state index contributed by atoms with van der Waals surface area (Å²) in [7, 11) is 0.295. The second-order valence-corrected chi connectivity index (χ2v) is 11.7. The molecule has 0 bridgehead atoms. The van der Waals surface area contributed by atoms with Gasteiger partial charge in [0.25, 0.3) is 15.9 Å². The Morgan fingerprint density at radius 1 is 1.20 bits per heavy atom. The lowest BCUT2D eigenvalue weighted by Gasteiger charge is -2.21. The molecule has 1 aliphatic heterocycles. The van der Waals surface area contributed by atoms with E-state index in [0.717, 1.165) is 40.2 Å².